The van der Waals surface area contributed by atoms with Crippen LogP contribution in [-0.2, 0) is 0 Å². The van der Waals surface area contributed by atoms with Crippen LogP contribution in [0.2, 0.25) is 10.0 Å². The first kappa shape index (κ1) is 20.8. The van der Waals surface area contributed by atoms with Crippen molar-refractivity contribution in [2.24, 2.45) is 0 Å². The molecule has 0 aliphatic carbocycles. The molecule has 6 nitrogen and oxygen atoms in total. The van der Waals surface area contributed by atoms with Gasteiger partial charge in [-0.3, -0.25) is 4.79 Å². The van der Waals surface area contributed by atoms with Gasteiger partial charge < -0.3 is 10.6 Å². The summed E-state index contributed by atoms with van der Waals surface area (Å²) in [6, 6.07) is 15.9. The van der Waals surface area contributed by atoms with E-state index < -0.39 is 0 Å². The van der Waals surface area contributed by atoms with Crippen LogP contribution in [0.1, 0.15) is 15.9 Å². The molecule has 0 saturated heterocycles. The highest BCUT2D eigenvalue weighted by atomic mass is 35.5. The summed E-state index contributed by atoms with van der Waals surface area (Å²) in [7, 11) is 0. The highest BCUT2D eigenvalue weighted by Crippen LogP contribution is 2.29. The van der Waals surface area contributed by atoms with E-state index in [0.29, 0.717) is 27.1 Å². The molecule has 2 heterocycles. The SMILES string of the molecule is Cc1ccc(C(=O)Nc2cc(Cl)cc(Cl)c2)cc1Nc1ncccc1-c1ccncn1. The van der Waals surface area contributed by atoms with Crippen LogP contribution in [0.25, 0.3) is 11.3 Å². The summed E-state index contributed by atoms with van der Waals surface area (Å²) in [5.41, 5.74) is 4.28. The zero-order valence-corrected chi connectivity index (χ0v) is 17.9. The lowest BCUT2D eigenvalue weighted by atomic mass is 10.1. The third-order valence-corrected chi connectivity index (χ3v) is 4.98. The van der Waals surface area contributed by atoms with Gasteiger partial charge in [0, 0.05) is 44.9 Å². The topological polar surface area (TPSA) is 79.8 Å². The Labute approximate surface area is 189 Å². The van der Waals surface area contributed by atoms with Crippen LogP contribution in [0.3, 0.4) is 0 Å². The van der Waals surface area contributed by atoms with Crippen molar-refractivity contribution in [3.8, 4) is 11.3 Å². The Hall–Kier alpha value is -3.48. The number of aryl methyl sites for hydroxylation is 1. The van der Waals surface area contributed by atoms with Crippen LogP contribution in [0.4, 0.5) is 17.2 Å². The third kappa shape index (κ3) is 4.99. The Kier molecular flexibility index (Phi) is 6.11. The van der Waals surface area contributed by atoms with Crippen LogP contribution < -0.4 is 10.6 Å². The van der Waals surface area contributed by atoms with E-state index in [2.05, 4.69) is 25.6 Å². The van der Waals surface area contributed by atoms with Crippen molar-refractivity contribution in [2.45, 2.75) is 6.92 Å². The normalized spacial score (nSPS) is 10.5. The highest BCUT2D eigenvalue weighted by molar-refractivity contribution is 6.35. The van der Waals surface area contributed by atoms with Gasteiger partial charge in [0.15, 0.2) is 0 Å². The molecule has 0 bridgehead atoms. The molecular weight excluding hydrogens is 433 g/mol. The molecule has 8 heteroatoms. The molecule has 2 aromatic heterocycles. The fourth-order valence-corrected chi connectivity index (χ4v) is 3.54. The second-order valence-electron chi connectivity index (χ2n) is 6.76. The highest BCUT2D eigenvalue weighted by Gasteiger charge is 2.12. The Morgan fingerprint density at radius 1 is 0.935 bits per heavy atom. The fourth-order valence-electron chi connectivity index (χ4n) is 3.02. The van der Waals surface area contributed by atoms with Gasteiger partial charge in [-0.25, -0.2) is 15.0 Å². The summed E-state index contributed by atoms with van der Waals surface area (Å²) < 4.78 is 0. The van der Waals surface area contributed by atoms with Crippen molar-refractivity contribution >= 4 is 46.3 Å². The Morgan fingerprint density at radius 3 is 2.48 bits per heavy atom. The number of nitrogens with zero attached hydrogens (tertiary/aromatic N) is 3. The number of anilines is 3. The Bertz CT molecular complexity index is 1230. The van der Waals surface area contributed by atoms with E-state index in [1.165, 1.54) is 6.33 Å². The molecule has 31 heavy (non-hydrogen) atoms. The molecule has 1 amide bonds. The average molecular weight is 450 g/mol. The second-order valence-corrected chi connectivity index (χ2v) is 7.63. The maximum Gasteiger partial charge on any atom is 0.255 e. The lowest BCUT2D eigenvalue weighted by Crippen LogP contribution is -2.12. The van der Waals surface area contributed by atoms with Crippen LogP contribution in [0.5, 0.6) is 0 Å². The maximum atomic E-state index is 12.8. The van der Waals surface area contributed by atoms with E-state index in [1.54, 1.807) is 42.7 Å². The van der Waals surface area contributed by atoms with Crippen molar-refractivity contribution in [3.05, 3.63) is 94.5 Å². The number of halogens is 2. The number of nitrogens with one attached hydrogen (secondary N) is 2. The van der Waals surface area contributed by atoms with Gasteiger partial charge in [0.05, 0.1) is 5.69 Å². The van der Waals surface area contributed by atoms with Crippen molar-refractivity contribution in [1.82, 2.24) is 15.0 Å². The number of rotatable bonds is 5. The summed E-state index contributed by atoms with van der Waals surface area (Å²) in [4.78, 5) is 25.5. The number of carbonyl (C=O) groups excluding carboxylic acids is 1. The largest absolute Gasteiger partial charge is 0.339 e. The van der Waals surface area contributed by atoms with Crippen molar-refractivity contribution < 1.29 is 4.79 Å². The van der Waals surface area contributed by atoms with Gasteiger partial charge in [0.25, 0.3) is 5.91 Å². The van der Waals surface area contributed by atoms with Crippen LogP contribution in [-0.4, -0.2) is 20.9 Å². The minimum absolute atomic E-state index is 0.279. The molecule has 0 radical (unpaired) electrons. The molecule has 0 fully saturated rings. The van der Waals surface area contributed by atoms with Gasteiger partial charge in [-0.15, -0.1) is 0 Å². The Morgan fingerprint density at radius 2 is 1.74 bits per heavy atom. The van der Waals surface area contributed by atoms with Gasteiger partial charge >= 0.3 is 0 Å². The minimum Gasteiger partial charge on any atom is -0.339 e. The van der Waals surface area contributed by atoms with Crippen LogP contribution in [0, 0.1) is 6.92 Å². The summed E-state index contributed by atoms with van der Waals surface area (Å²) >= 11 is 12.0. The van der Waals surface area contributed by atoms with E-state index in [1.807, 2.05) is 31.2 Å². The smallest absolute Gasteiger partial charge is 0.255 e. The second kappa shape index (κ2) is 9.12. The number of carbonyl (C=O) groups is 1. The molecule has 0 aliphatic rings. The first-order chi connectivity index (χ1) is 15.0. The number of pyridine rings is 1. The number of aromatic nitrogens is 3. The molecule has 154 valence electrons. The molecular formula is C23H17Cl2N5O. The van der Waals surface area contributed by atoms with E-state index in [9.17, 15) is 4.79 Å². The van der Waals surface area contributed by atoms with Gasteiger partial charge in [0.1, 0.15) is 12.1 Å². The molecule has 0 unspecified atom stereocenters. The molecule has 0 spiro atoms. The molecule has 2 aromatic carbocycles. The van der Waals surface area contributed by atoms with Crippen molar-refractivity contribution in [3.63, 3.8) is 0 Å². The monoisotopic (exact) mass is 449 g/mol. The maximum absolute atomic E-state index is 12.8. The molecule has 0 atom stereocenters. The van der Waals surface area contributed by atoms with E-state index in [-0.39, 0.29) is 5.91 Å². The molecule has 0 aliphatic heterocycles. The number of amides is 1. The van der Waals surface area contributed by atoms with Crippen LogP contribution in [0.15, 0.2) is 73.3 Å². The number of benzene rings is 2. The number of hydrogen-bond acceptors (Lipinski definition) is 5. The van der Waals surface area contributed by atoms with Gasteiger partial charge in [-0.2, -0.15) is 0 Å². The van der Waals surface area contributed by atoms with Gasteiger partial charge in [-0.05, 0) is 61.0 Å². The summed E-state index contributed by atoms with van der Waals surface area (Å²) in [5.74, 6) is 0.349. The van der Waals surface area contributed by atoms with Crippen molar-refractivity contribution in [2.75, 3.05) is 10.6 Å². The molecule has 0 saturated carbocycles. The molecule has 4 aromatic rings. The third-order valence-electron chi connectivity index (χ3n) is 4.54. The fraction of sp³-hybridized carbons (Fsp3) is 0.0435. The standard InChI is InChI=1S/C23H17Cl2N5O/c1-14-4-5-15(23(31)29-18-11-16(24)10-17(25)12-18)9-21(14)30-22-19(3-2-7-27-22)20-6-8-26-13-28-20/h2-13H,1H3,(H,27,30)(H,29,31). The first-order valence-corrected chi connectivity index (χ1v) is 10.1. The van der Waals surface area contributed by atoms with Gasteiger partial charge in [-0.1, -0.05) is 29.3 Å². The zero-order chi connectivity index (χ0) is 21.8. The van der Waals surface area contributed by atoms with Gasteiger partial charge in [0.2, 0.25) is 0 Å². The average Bonchev–Trinajstić information content (AvgIpc) is 2.75. The van der Waals surface area contributed by atoms with E-state index >= 15 is 0 Å². The van der Waals surface area contributed by atoms with Crippen LogP contribution >= 0.6 is 23.2 Å². The summed E-state index contributed by atoms with van der Waals surface area (Å²) in [6.45, 7) is 1.95. The lowest BCUT2D eigenvalue weighted by Gasteiger charge is -2.14. The van der Waals surface area contributed by atoms with E-state index in [4.69, 9.17) is 23.2 Å². The quantitative estimate of drug-likeness (QED) is 0.381. The van der Waals surface area contributed by atoms with Crippen molar-refractivity contribution in [1.29, 1.82) is 0 Å². The van der Waals surface area contributed by atoms with E-state index in [0.717, 1.165) is 22.5 Å². The predicted molar refractivity (Wildman–Crippen MR) is 124 cm³/mol. The minimum atomic E-state index is -0.279. The Balaban J connectivity index is 1.61. The lowest BCUT2D eigenvalue weighted by molar-refractivity contribution is 0.102. The molecule has 4 rings (SSSR count). The first-order valence-electron chi connectivity index (χ1n) is 9.36. The molecule has 2 N–H and O–H groups in total. The predicted octanol–water partition coefficient (Wildman–Crippen LogP) is 6.15. The summed E-state index contributed by atoms with van der Waals surface area (Å²) in [5, 5.41) is 7.03. The number of hydrogen-bond donors (Lipinski definition) is 2. The summed E-state index contributed by atoms with van der Waals surface area (Å²) in [6.07, 6.45) is 4.86. The zero-order valence-electron chi connectivity index (χ0n) is 16.4.